The van der Waals surface area contributed by atoms with Gasteiger partial charge in [0.1, 0.15) is 0 Å². The normalized spacial score (nSPS) is 26.1. The van der Waals surface area contributed by atoms with Crippen LogP contribution >= 0.6 is 0 Å². The van der Waals surface area contributed by atoms with Crippen LogP contribution in [0.4, 0.5) is 0 Å². The average molecular weight is 250 g/mol. The number of hydrogen-bond donors (Lipinski definition) is 2. The number of nitrogens with zero attached hydrogens (tertiary/aromatic N) is 1. The van der Waals surface area contributed by atoms with E-state index >= 15 is 0 Å². The Morgan fingerprint density at radius 2 is 2.00 bits per heavy atom. The number of rotatable bonds is 6. The van der Waals surface area contributed by atoms with E-state index in [1.807, 2.05) is 13.8 Å². The first-order valence-electron chi connectivity index (χ1n) is 5.70. The zero-order chi connectivity index (χ0) is 12.3. The van der Waals surface area contributed by atoms with Crippen molar-refractivity contribution in [3.05, 3.63) is 0 Å². The highest BCUT2D eigenvalue weighted by atomic mass is 32.2. The molecule has 2 N–H and O–H groups in total. The highest BCUT2D eigenvalue weighted by molar-refractivity contribution is 7.87. The van der Waals surface area contributed by atoms with Crippen molar-refractivity contribution in [3.8, 4) is 0 Å². The molecule has 16 heavy (non-hydrogen) atoms. The maximum Gasteiger partial charge on any atom is 0.279 e. The van der Waals surface area contributed by atoms with Crippen LogP contribution in [-0.2, 0) is 10.2 Å². The first-order valence-corrected chi connectivity index (χ1v) is 7.14. The molecular weight excluding hydrogens is 228 g/mol. The quantitative estimate of drug-likeness (QED) is 0.706. The van der Waals surface area contributed by atoms with E-state index in [4.69, 9.17) is 5.11 Å². The standard InChI is InChI=1S/C10H22N2O3S/c1-8(2)6-11-16(14,15)12(3)7-9-4-10(13)5-9/h8-11,13H,4-7H2,1-3H3. The summed E-state index contributed by atoms with van der Waals surface area (Å²) in [7, 11) is -1.77. The second-order valence-electron chi connectivity index (χ2n) is 5.02. The number of aliphatic hydroxyl groups is 1. The predicted octanol–water partition coefficient (Wildman–Crippen LogP) is 0.179. The summed E-state index contributed by atoms with van der Waals surface area (Å²) >= 11 is 0. The van der Waals surface area contributed by atoms with Gasteiger partial charge < -0.3 is 5.11 Å². The van der Waals surface area contributed by atoms with Crippen molar-refractivity contribution in [2.45, 2.75) is 32.8 Å². The Hall–Kier alpha value is -0.170. The lowest BCUT2D eigenvalue weighted by molar-refractivity contribution is 0.0366. The summed E-state index contributed by atoms with van der Waals surface area (Å²) in [5.74, 6) is 0.601. The summed E-state index contributed by atoms with van der Waals surface area (Å²) in [4.78, 5) is 0. The van der Waals surface area contributed by atoms with Crippen LogP contribution in [0, 0.1) is 11.8 Å². The van der Waals surface area contributed by atoms with Gasteiger partial charge in [0.2, 0.25) is 0 Å². The average Bonchev–Trinajstić information content (AvgIpc) is 2.12. The van der Waals surface area contributed by atoms with E-state index < -0.39 is 10.2 Å². The van der Waals surface area contributed by atoms with Gasteiger partial charge in [0.25, 0.3) is 10.2 Å². The molecule has 0 heterocycles. The molecule has 1 aliphatic carbocycles. The first kappa shape index (κ1) is 13.9. The molecule has 0 amide bonds. The summed E-state index contributed by atoms with van der Waals surface area (Å²) in [6.07, 6.45) is 1.19. The Morgan fingerprint density at radius 1 is 1.44 bits per heavy atom. The van der Waals surface area contributed by atoms with E-state index in [9.17, 15) is 8.42 Å². The Labute approximate surface area is 98.0 Å². The molecule has 1 fully saturated rings. The maximum atomic E-state index is 11.7. The van der Waals surface area contributed by atoms with E-state index in [0.717, 1.165) is 0 Å². The van der Waals surface area contributed by atoms with Crippen LogP contribution in [0.5, 0.6) is 0 Å². The van der Waals surface area contributed by atoms with Gasteiger partial charge in [-0.25, -0.2) is 4.72 Å². The SMILES string of the molecule is CC(C)CNS(=O)(=O)N(C)CC1CC(O)C1. The number of aliphatic hydroxyl groups excluding tert-OH is 1. The van der Waals surface area contributed by atoms with Crippen LogP contribution in [0.15, 0.2) is 0 Å². The molecule has 0 aromatic carbocycles. The second-order valence-corrected chi connectivity index (χ2v) is 6.88. The molecule has 0 radical (unpaired) electrons. The van der Waals surface area contributed by atoms with E-state index in [1.165, 1.54) is 4.31 Å². The van der Waals surface area contributed by atoms with Crippen molar-refractivity contribution < 1.29 is 13.5 Å². The van der Waals surface area contributed by atoms with Crippen molar-refractivity contribution in [1.82, 2.24) is 9.03 Å². The Kier molecular flexibility index (Phi) is 4.73. The molecule has 0 aromatic heterocycles. The van der Waals surface area contributed by atoms with Crippen molar-refractivity contribution in [2.24, 2.45) is 11.8 Å². The van der Waals surface area contributed by atoms with Crippen LogP contribution in [0.1, 0.15) is 26.7 Å². The third-order valence-corrected chi connectivity index (χ3v) is 4.31. The van der Waals surface area contributed by atoms with Crippen LogP contribution in [0.25, 0.3) is 0 Å². The Balaban J connectivity index is 2.36. The summed E-state index contributed by atoms with van der Waals surface area (Å²) in [5, 5.41) is 9.13. The van der Waals surface area contributed by atoms with Crippen LogP contribution in [-0.4, -0.2) is 44.1 Å². The minimum atomic E-state index is -3.34. The van der Waals surface area contributed by atoms with Gasteiger partial charge in [0.05, 0.1) is 6.10 Å². The predicted molar refractivity (Wildman–Crippen MR) is 63.1 cm³/mol. The molecule has 1 aliphatic rings. The van der Waals surface area contributed by atoms with Crippen LogP contribution in [0.3, 0.4) is 0 Å². The topological polar surface area (TPSA) is 69.6 Å². The van der Waals surface area contributed by atoms with Crippen LogP contribution < -0.4 is 4.72 Å². The molecule has 0 unspecified atom stereocenters. The van der Waals surface area contributed by atoms with Gasteiger partial charge in [-0.05, 0) is 24.7 Å². The molecule has 1 rings (SSSR count). The molecule has 0 aliphatic heterocycles. The highest BCUT2D eigenvalue weighted by Gasteiger charge is 2.30. The monoisotopic (exact) mass is 250 g/mol. The molecule has 6 heteroatoms. The van der Waals surface area contributed by atoms with Crippen LogP contribution in [0.2, 0.25) is 0 Å². The fourth-order valence-electron chi connectivity index (χ4n) is 1.69. The molecule has 0 saturated heterocycles. The third kappa shape index (κ3) is 4.01. The molecule has 0 aromatic rings. The minimum Gasteiger partial charge on any atom is -0.393 e. The van der Waals surface area contributed by atoms with Crippen molar-refractivity contribution in [3.63, 3.8) is 0 Å². The van der Waals surface area contributed by atoms with Gasteiger partial charge >= 0.3 is 0 Å². The van der Waals surface area contributed by atoms with E-state index in [2.05, 4.69) is 4.72 Å². The van der Waals surface area contributed by atoms with Gasteiger partial charge in [-0.15, -0.1) is 0 Å². The fraction of sp³-hybridized carbons (Fsp3) is 1.00. The maximum absolute atomic E-state index is 11.7. The molecule has 5 nitrogen and oxygen atoms in total. The molecule has 96 valence electrons. The molecular formula is C10H22N2O3S. The summed E-state index contributed by atoms with van der Waals surface area (Å²) in [5.41, 5.74) is 0. The zero-order valence-electron chi connectivity index (χ0n) is 10.2. The van der Waals surface area contributed by atoms with Gasteiger partial charge in [0, 0.05) is 20.1 Å². The Bertz CT molecular complexity index is 310. The largest absolute Gasteiger partial charge is 0.393 e. The van der Waals surface area contributed by atoms with Gasteiger partial charge in [0.15, 0.2) is 0 Å². The number of hydrogen-bond acceptors (Lipinski definition) is 3. The lowest BCUT2D eigenvalue weighted by atomic mass is 9.82. The summed E-state index contributed by atoms with van der Waals surface area (Å²) in [6.45, 7) is 4.88. The van der Waals surface area contributed by atoms with E-state index in [-0.39, 0.29) is 6.10 Å². The van der Waals surface area contributed by atoms with Gasteiger partial charge in [-0.3, -0.25) is 0 Å². The molecule has 0 spiro atoms. The second kappa shape index (κ2) is 5.44. The van der Waals surface area contributed by atoms with E-state index in [1.54, 1.807) is 7.05 Å². The number of nitrogens with one attached hydrogen (secondary N) is 1. The zero-order valence-corrected chi connectivity index (χ0v) is 11.0. The smallest absolute Gasteiger partial charge is 0.279 e. The van der Waals surface area contributed by atoms with Crippen molar-refractivity contribution in [2.75, 3.05) is 20.1 Å². The first-order chi connectivity index (χ1) is 7.31. The minimum absolute atomic E-state index is 0.232. The van der Waals surface area contributed by atoms with E-state index in [0.29, 0.717) is 37.8 Å². The highest BCUT2D eigenvalue weighted by Crippen LogP contribution is 2.27. The Morgan fingerprint density at radius 3 is 2.44 bits per heavy atom. The fourth-order valence-corrected chi connectivity index (χ4v) is 2.86. The third-order valence-electron chi connectivity index (χ3n) is 2.81. The lowest BCUT2D eigenvalue weighted by Crippen LogP contribution is -2.44. The van der Waals surface area contributed by atoms with Gasteiger partial charge in [-0.1, -0.05) is 13.8 Å². The lowest BCUT2D eigenvalue weighted by Gasteiger charge is -2.34. The molecule has 1 saturated carbocycles. The summed E-state index contributed by atoms with van der Waals surface area (Å²) < 4.78 is 27.4. The summed E-state index contributed by atoms with van der Waals surface area (Å²) in [6, 6.07) is 0. The van der Waals surface area contributed by atoms with Gasteiger partial charge in [-0.2, -0.15) is 12.7 Å². The van der Waals surface area contributed by atoms with Crippen molar-refractivity contribution >= 4 is 10.2 Å². The molecule has 0 atom stereocenters. The van der Waals surface area contributed by atoms with Crippen molar-refractivity contribution in [1.29, 1.82) is 0 Å². The molecule has 0 bridgehead atoms.